The van der Waals surface area contributed by atoms with Gasteiger partial charge in [0.2, 0.25) is 0 Å². The van der Waals surface area contributed by atoms with Crippen molar-refractivity contribution in [3.05, 3.63) is 28.6 Å². The van der Waals surface area contributed by atoms with E-state index in [0.717, 1.165) is 23.4 Å². The van der Waals surface area contributed by atoms with Gasteiger partial charge in [-0.25, -0.2) is 4.79 Å². The first-order valence-electron chi connectivity index (χ1n) is 7.04. The summed E-state index contributed by atoms with van der Waals surface area (Å²) in [5.74, 6) is 0.637. The quantitative estimate of drug-likeness (QED) is 0.757. The summed E-state index contributed by atoms with van der Waals surface area (Å²) >= 11 is 0. The van der Waals surface area contributed by atoms with Gasteiger partial charge in [-0.2, -0.15) is 0 Å². The van der Waals surface area contributed by atoms with Gasteiger partial charge in [0.05, 0.1) is 17.9 Å². The molecule has 0 saturated heterocycles. The molecule has 0 N–H and O–H groups in total. The Balaban J connectivity index is 3.24. The van der Waals surface area contributed by atoms with Gasteiger partial charge in [0, 0.05) is 5.69 Å². The van der Waals surface area contributed by atoms with Crippen molar-refractivity contribution < 1.29 is 9.53 Å². The summed E-state index contributed by atoms with van der Waals surface area (Å²) in [6.45, 7) is 12.7. The molecule has 1 heterocycles. The summed E-state index contributed by atoms with van der Waals surface area (Å²) in [6.07, 6.45) is 0.942. The third kappa shape index (κ3) is 4.05. The van der Waals surface area contributed by atoms with Crippen molar-refractivity contribution >= 4 is 5.97 Å². The lowest BCUT2D eigenvalue weighted by Crippen LogP contribution is -2.13. The number of hydrogen-bond acceptors (Lipinski definition) is 3. The Labute approximate surface area is 116 Å². The van der Waals surface area contributed by atoms with Gasteiger partial charge >= 0.3 is 5.97 Å². The van der Waals surface area contributed by atoms with Crippen LogP contribution in [0.15, 0.2) is 6.07 Å². The van der Waals surface area contributed by atoms with Gasteiger partial charge in [-0.15, -0.1) is 0 Å². The van der Waals surface area contributed by atoms with Crippen LogP contribution in [0.5, 0.6) is 0 Å². The predicted octanol–water partition coefficient (Wildman–Crippen LogP) is 3.89. The maximum absolute atomic E-state index is 11.9. The summed E-state index contributed by atoms with van der Waals surface area (Å²) in [5.41, 5.74) is 3.62. The molecule has 3 heteroatoms. The largest absolute Gasteiger partial charge is 0.462 e. The first-order chi connectivity index (χ1) is 8.86. The number of rotatable bonds is 5. The topological polar surface area (TPSA) is 39.2 Å². The molecule has 0 saturated carbocycles. The van der Waals surface area contributed by atoms with Crippen LogP contribution in [0.25, 0.3) is 0 Å². The molecule has 0 amide bonds. The van der Waals surface area contributed by atoms with Crippen molar-refractivity contribution in [1.29, 1.82) is 0 Å². The number of carbonyl (C=O) groups excluding carboxylic acids is 1. The molecule has 0 aliphatic carbocycles. The van der Waals surface area contributed by atoms with Crippen LogP contribution < -0.4 is 0 Å². The predicted molar refractivity (Wildman–Crippen MR) is 77.6 cm³/mol. The first kappa shape index (κ1) is 15.7. The van der Waals surface area contributed by atoms with Gasteiger partial charge in [0.25, 0.3) is 0 Å². The van der Waals surface area contributed by atoms with Crippen LogP contribution in [0.3, 0.4) is 0 Å². The Morgan fingerprint density at radius 1 is 1.32 bits per heavy atom. The molecule has 3 nitrogen and oxygen atoms in total. The van der Waals surface area contributed by atoms with Gasteiger partial charge in [-0.1, -0.05) is 27.7 Å². The Bertz CT molecular complexity index is 450. The zero-order chi connectivity index (χ0) is 14.6. The van der Waals surface area contributed by atoms with Crippen LogP contribution in [-0.4, -0.2) is 17.6 Å². The fourth-order valence-corrected chi connectivity index (χ4v) is 2.14. The second-order valence-corrected chi connectivity index (χ2v) is 5.63. The maximum atomic E-state index is 11.9. The minimum atomic E-state index is -0.273. The number of esters is 1. The average Bonchev–Trinajstić information content (AvgIpc) is 2.27. The Kier molecular flexibility index (Phi) is 5.52. The van der Waals surface area contributed by atoms with E-state index in [1.165, 1.54) is 0 Å². The molecule has 0 spiro atoms. The van der Waals surface area contributed by atoms with E-state index in [1.807, 2.05) is 19.9 Å². The van der Waals surface area contributed by atoms with Crippen molar-refractivity contribution in [2.75, 3.05) is 6.61 Å². The van der Waals surface area contributed by atoms with Crippen LogP contribution in [0, 0.1) is 12.8 Å². The number of pyridine rings is 1. The van der Waals surface area contributed by atoms with Crippen molar-refractivity contribution in [1.82, 2.24) is 4.98 Å². The number of hydrogen-bond donors (Lipinski definition) is 0. The fraction of sp³-hybridized carbons (Fsp3) is 0.625. The third-order valence-electron chi connectivity index (χ3n) is 3.04. The minimum Gasteiger partial charge on any atom is -0.462 e. The molecule has 1 aromatic rings. The lowest BCUT2D eigenvalue weighted by Gasteiger charge is -2.16. The van der Waals surface area contributed by atoms with Gasteiger partial charge < -0.3 is 4.74 Å². The molecule has 0 aromatic carbocycles. The Hall–Kier alpha value is -1.38. The van der Waals surface area contributed by atoms with E-state index in [9.17, 15) is 4.79 Å². The molecule has 0 radical (unpaired) electrons. The number of aromatic nitrogens is 1. The fourth-order valence-electron chi connectivity index (χ4n) is 2.14. The second-order valence-electron chi connectivity index (χ2n) is 5.63. The minimum absolute atomic E-state index is 0.273. The smallest absolute Gasteiger partial charge is 0.339 e. The van der Waals surface area contributed by atoms with E-state index < -0.39 is 0 Å². The first-order valence-corrected chi connectivity index (χ1v) is 7.04. The van der Waals surface area contributed by atoms with Gasteiger partial charge in [-0.05, 0) is 43.7 Å². The second kappa shape index (κ2) is 6.69. The molecule has 0 aliphatic heterocycles. The Morgan fingerprint density at radius 3 is 2.42 bits per heavy atom. The summed E-state index contributed by atoms with van der Waals surface area (Å²) in [6, 6.07) is 1.96. The molecule has 0 atom stereocenters. The van der Waals surface area contributed by atoms with Crippen LogP contribution in [-0.2, 0) is 11.2 Å². The monoisotopic (exact) mass is 263 g/mol. The van der Waals surface area contributed by atoms with Crippen LogP contribution in [0.2, 0.25) is 0 Å². The molecule has 19 heavy (non-hydrogen) atoms. The number of ether oxygens (including phenoxy) is 1. The van der Waals surface area contributed by atoms with Crippen molar-refractivity contribution in [2.24, 2.45) is 5.92 Å². The van der Waals surface area contributed by atoms with Crippen molar-refractivity contribution in [3.8, 4) is 0 Å². The zero-order valence-corrected chi connectivity index (χ0v) is 12.9. The van der Waals surface area contributed by atoms with Crippen molar-refractivity contribution in [2.45, 2.75) is 53.9 Å². The molecule has 1 aromatic heterocycles. The highest BCUT2D eigenvalue weighted by Crippen LogP contribution is 2.24. The van der Waals surface area contributed by atoms with E-state index in [0.29, 0.717) is 24.0 Å². The van der Waals surface area contributed by atoms with E-state index >= 15 is 0 Å². The van der Waals surface area contributed by atoms with Crippen LogP contribution in [0.4, 0.5) is 0 Å². The highest BCUT2D eigenvalue weighted by Gasteiger charge is 2.17. The summed E-state index contributed by atoms with van der Waals surface area (Å²) < 4.78 is 5.09. The molecule has 0 bridgehead atoms. The molecular weight excluding hydrogens is 238 g/mol. The molecule has 0 unspecified atom stereocenters. The van der Waals surface area contributed by atoms with Gasteiger partial charge in [0.1, 0.15) is 0 Å². The normalized spacial score (nSPS) is 11.2. The van der Waals surface area contributed by atoms with E-state index in [4.69, 9.17) is 4.74 Å². The molecule has 0 fully saturated rings. The lowest BCUT2D eigenvalue weighted by molar-refractivity contribution is 0.0525. The van der Waals surface area contributed by atoms with Crippen LogP contribution in [0.1, 0.15) is 67.8 Å². The Morgan fingerprint density at radius 2 is 1.95 bits per heavy atom. The molecule has 1 rings (SSSR count). The molecule has 0 aliphatic rings. The SMILES string of the molecule is CCOC(=O)c1cc(C(C)C)c(CC(C)C)nc1C. The summed E-state index contributed by atoms with van der Waals surface area (Å²) in [4.78, 5) is 16.5. The highest BCUT2D eigenvalue weighted by atomic mass is 16.5. The standard InChI is InChI=1S/C16H25NO2/c1-7-19-16(18)14-9-13(11(4)5)15(8-10(2)3)17-12(14)6/h9-11H,7-8H2,1-6H3. The average molecular weight is 263 g/mol. The molecular formula is C16H25NO2. The van der Waals surface area contributed by atoms with Crippen LogP contribution >= 0.6 is 0 Å². The third-order valence-corrected chi connectivity index (χ3v) is 3.04. The zero-order valence-electron chi connectivity index (χ0n) is 12.9. The maximum Gasteiger partial charge on any atom is 0.339 e. The molecule has 106 valence electrons. The van der Waals surface area contributed by atoms with E-state index in [-0.39, 0.29) is 5.97 Å². The highest BCUT2D eigenvalue weighted by molar-refractivity contribution is 5.90. The van der Waals surface area contributed by atoms with Gasteiger partial charge in [0.15, 0.2) is 0 Å². The summed E-state index contributed by atoms with van der Waals surface area (Å²) in [5, 5.41) is 0. The lowest BCUT2D eigenvalue weighted by atomic mass is 9.94. The van der Waals surface area contributed by atoms with E-state index in [2.05, 4.69) is 32.7 Å². The van der Waals surface area contributed by atoms with Crippen molar-refractivity contribution in [3.63, 3.8) is 0 Å². The van der Waals surface area contributed by atoms with E-state index in [1.54, 1.807) is 0 Å². The van der Waals surface area contributed by atoms with Gasteiger partial charge in [-0.3, -0.25) is 4.98 Å². The summed E-state index contributed by atoms with van der Waals surface area (Å²) in [7, 11) is 0. The number of aryl methyl sites for hydroxylation is 1. The number of carbonyl (C=O) groups is 1. The number of nitrogens with zero attached hydrogens (tertiary/aromatic N) is 1.